The van der Waals surface area contributed by atoms with E-state index in [0.29, 0.717) is 30.5 Å². The van der Waals surface area contributed by atoms with Crippen molar-refractivity contribution >= 4 is 11.9 Å². The number of carbonyl (C=O) groups excluding carboxylic acids is 1. The van der Waals surface area contributed by atoms with Gasteiger partial charge in [-0.05, 0) is 43.5 Å². The summed E-state index contributed by atoms with van der Waals surface area (Å²) in [6.45, 7) is 2.17. The predicted octanol–water partition coefficient (Wildman–Crippen LogP) is 1.39. The molecular formula is C13H15NO4. The number of hydrogen-bond donors (Lipinski definition) is 2. The second-order valence-corrected chi connectivity index (χ2v) is 4.50. The van der Waals surface area contributed by atoms with Crippen LogP contribution in [-0.4, -0.2) is 39.6 Å². The van der Waals surface area contributed by atoms with Gasteiger partial charge in [0.1, 0.15) is 11.8 Å². The molecule has 0 saturated carbocycles. The van der Waals surface area contributed by atoms with E-state index in [1.165, 1.54) is 17.0 Å². The number of phenolic OH excluding ortho intramolecular Hbond substituents is 1. The normalized spacial score (nSPS) is 18.9. The molecule has 2 rings (SSSR count). The molecule has 1 aliphatic heterocycles. The van der Waals surface area contributed by atoms with E-state index in [-0.39, 0.29) is 11.7 Å². The van der Waals surface area contributed by atoms with Crippen molar-refractivity contribution in [1.29, 1.82) is 0 Å². The monoisotopic (exact) mass is 249 g/mol. The highest BCUT2D eigenvalue weighted by Crippen LogP contribution is 2.23. The van der Waals surface area contributed by atoms with E-state index in [1.807, 2.05) is 0 Å². The number of likely N-dealkylation sites (tertiary alicyclic amines) is 1. The second kappa shape index (κ2) is 4.68. The maximum Gasteiger partial charge on any atom is 0.326 e. The Morgan fingerprint density at radius 1 is 1.39 bits per heavy atom. The van der Waals surface area contributed by atoms with Crippen LogP contribution in [0.1, 0.15) is 28.8 Å². The van der Waals surface area contributed by atoms with Crippen LogP contribution in [0, 0.1) is 6.92 Å². The van der Waals surface area contributed by atoms with Gasteiger partial charge in [-0.25, -0.2) is 4.79 Å². The van der Waals surface area contributed by atoms with E-state index < -0.39 is 12.0 Å². The lowest BCUT2D eigenvalue weighted by molar-refractivity contribution is -0.141. The molecule has 18 heavy (non-hydrogen) atoms. The molecule has 1 atom stereocenters. The number of nitrogens with zero attached hydrogens (tertiary/aromatic N) is 1. The van der Waals surface area contributed by atoms with Crippen molar-refractivity contribution in [2.45, 2.75) is 25.8 Å². The van der Waals surface area contributed by atoms with Crippen molar-refractivity contribution in [3.63, 3.8) is 0 Å². The Hall–Kier alpha value is -2.04. The third kappa shape index (κ3) is 2.16. The van der Waals surface area contributed by atoms with E-state index in [1.54, 1.807) is 13.0 Å². The van der Waals surface area contributed by atoms with Gasteiger partial charge < -0.3 is 15.1 Å². The third-order valence-corrected chi connectivity index (χ3v) is 3.24. The average molecular weight is 249 g/mol. The number of hydrogen-bond acceptors (Lipinski definition) is 3. The van der Waals surface area contributed by atoms with Crippen LogP contribution in [0.2, 0.25) is 0 Å². The van der Waals surface area contributed by atoms with Crippen molar-refractivity contribution < 1.29 is 19.8 Å². The van der Waals surface area contributed by atoms with Crippen LogP contribution < -0.4 is 0 Å². The molecule has 1 aromatic rings. The standard InChI is InChI=1S/C13H15NO4/c1-8-7-9(4-5-11(8)15)12(16)14-6-2-3-10(14)13(17)18/h4-5,7,10,15H,2-3,6H2,1H3,(H,17,18). The van der Waals surface area contributed by atoms with Crippen LogP contribution in [0.3, 0.4) is 0 Å². The zero-order chi connectivity index (χ0) is 13.3. The molecule has 0 aliphatic carbocycles. The molecule has 0 radical (unpaired) electrons. The number of phenols is 1. The van der Waals surface area contributed by atoms with Gasteiger partial charge in [0.05, 0.1) is 0 Å². The molecule has 0 bridgehead atoms. The van der Waals surface area contributed by atoms with Gasteiger partial charge in [-0.3, -0.25) is 4.79 Å². The first-order valence-corrected chi connectivity index (χ1v) is 5.84. The minimum absolute atomic E-state index is 0.128. The molecule has 5 nitrogen and oxygen atoms in total. The Bertz CT molecular complexity index is 498. The summed E-state index contributed by atoms with van der Waals surface area (Å²) in [5.41, 5.74) is 1.02. The van der Waals surface area contributed by atoms with Crippen molar-refractivity contribution in [2.75, 3.05) is 6.54 Å². The number of carboxylic acids is 1. The van der Waals surface area contributed by atoms with Gasteiger partial charge in [0.15, 0.2) is 0 Å². The molecule has 0 spiro atoms. The summed E-state index contributed by atoms with van der Waals surface area (Å²) in [4.78, 5) is 24.6. The van der Waals surface area contributed by atoms with Gasteiger partial charge in [-0.1, -0.05) is 0 Å². The summed E-state index contributed by atoms with van der Waals surface area (Å²) in [5, 5.41) is 18.5. The number of carbonyl (C=O) groups is 2. The van der Waals surface area contributed by atoms with Crippen LogP contribution in [0.15, 0.2) is 18.2 Å². The smallest absolute Gasteiger partial charge is 0.326 e. The molecular weight excluding hydrogens is 234 g/mol. The summed E-state index contributed by atoms with van der Waals surface area (Å²) >= 11 is 0. The van der Waals surface area contributed by atoms with Crippen molar-refractivity contribution in [3.8, 4) is 5.75 Å². The summed E-state index contributed by atoms with van der Waals surface area (Å²) in [5.74, 6) is -1.12. The topological polar surface area (TPSA) is 77.8 Å². The lowest BCUT2D eigenvalue weighted by Gasteiger charge is -2.21. The molecule has 1 aromatic carbocycles. The highest BCUT2D eigenvalue weighted by Gasteiger charge is 2.34. The van der Waals surface area contributed by atoms with E-state index >= 15 is 0 Å². The lowest BCUT2D eigenvalue weighted by Crippen LogP contribution is -2.40. The number of carboxylic acid groups (broad SMARTS) is 1. The number of benzene rings is 1. The molecule has 1 fully saturated rings. The molecule has 5 heteroatoms. The SMILES string of the molecule is Cc1cc(C(=O)N2CCCC2C(=O)O)ccc1O. The zero-order valence-corrected chi connectivity index (χ0v) is 10.1. The number of aryl methyl sites for hydroxylation is 1. The van der Waals surface area contributed by atoms with Gasteiger partial charge in [0.25, 0.3) is 5.91 Å². The molecule has 1 aliphatic rings. The van der Waals surface area contributed by atoms with E-state index in [9.17, 15) is 14.7 Å². The van der Waals surface area contributed by atoms with Gasteiger partial charge in [-0.15, -0.1) is 0 Å². The molecule has 1 amide bonds. The first-order valence-electron chi connectivity index (χ1n) is 5.84. The number of aliphatic carboxylic acids is 1. The largest absolute Gasteiger partial charge is 0.508 e. The summed E-state index contributed by atoms with van der Waals surface area (Å²) < 4.78 is 0. The Kier molecular flexibility index (Phi) is 3.23. The molecule has 0 aromatic heterocycles. The highest BCUT2D eigenvalue weighted by molar-refractivity contribution is 5.97. The van der Waals surface area contributed by atoms with Gasteiger partial charge >= 0.3 is 5.97 Å². The first-order chi connectivity index (χ1) is 8.50. The number of aromatic hydroxyl groups is 1. The van der Waals surface area contributed by atoms with Crippen LogP contribution in [0.25, 0.3) is 0 Å². The summed E-state index contributed by atoms with van der Waals surface area (Å²) in [7, 11) is 0. The average Bonchev–Trinajstić information content (AvgIpc) is 2.81. The van der Waals surface area contributed by atoms with Gasteiger partial charge in [0, 0.05) is 12.1 Å². The molecule has 96 valence electrons. The Morgan fingerprint density at radius 2 is 2.11 bits per heavy atom. The van der Waals surface area contributed by atoms with Crippen molar-refractivity contribution in [2.24, 2.45) is 0 Å². The number of rotatable bonds is 2. The maximum absolute atomic E-state index is 12.2. The Balaban J connectivity index is 2.25. The van der Waals surface area contributed by atoms with Crippen LogP contribution in [0.4, 0.5) is 0 Å². The Morgan fingerprint density at radius 3 is 2.72 bits per heavy atom. The van der Waals surface area contributed by atoms with Gasteiger partial charge in [0.2, 0.25) is 0 Å². The second-order valence-electron chi connectivity index (χ2n) is 4.50. The third-order valence-electron chi connectivity index (χ3n) is 3.24. The molecule has 2 N–H and O–H groups in total. The van der Waals surface area contributed by atoms with E-state index in [2.05, 4.69) is 0 Å². The van der Waals surface area contributed by atoms with Gasteiger partial charge in [-0.2, -0.15) is 0 Å². The first kappa shape index (κ1) is 12.4. The van der Waals surface area contributed by atoms with Crippen LogP contribution in [-0.2, 0) is 4.79 Å². The molecule has 1 heterocycles. The van der Waals surface area contributed by atoms with Crippen molar-refractivity contribution in [3.05, 3.63) is 29.3 Å². The number of amides is 1. The zero-order valence-electron chi connectivity index (χ0n) is 10.1. The quantitative estimate of drug-likeness (QED) is 0.830. The Labute approximate surface area is 105 Å². The fraction of sp³-hybridized carbons (Fsp3) is 0.385. The fourth-order valence-electron chi connectivity index (χ4n) is 2.22. The molecule has 1 saturated heterocycles. The molecule has 1 unspecified atom stereocenters. The fourth-order valence-corrected chi connectivity index (χ4v) is 2.22. The highest BCUT2D eigenvalue weighted by atomic mass is 16.4. The summed E-state index contributed by atoms with van der Waals surface area (Å²) in [6.07, 6.45) is 1.21. The van der Waals surface area contributed by atoms with E-state index in [0.717, 1.165) is 0 Å². The van der Waals surface area contributed by atoms with Crippen LogP contribution >= 0.6 is 0 Å². The maximum atomic E-state index is 12.2. The van der Waals surface area contributed by atoms with Crippen molar-refractivity contribution in [1.82, 2.24) is 4.90 Å². The van der Waals surface area contributed by atoms with E-state index in [4.69, 9.17) is 5.11 Å². The minimum Gasteiger partial charge on any atom is -0.508 e. The predicted molar refractivity (Wildman–Crippen MR) is 64.5 cm³/mol. The van der Waals surface area contributed by atoms with Crippen LogP contribution in [0.5, 0.6) is 5.75 Å². The minimum atomic E-state index is -0.962. The summed E-state index contributed by atoms with van der Waals surface area (Å²) in [6, 6.07) is 3.82. The lowest BCUT2D eigenvalue weighted by atomic mass is 10.1.